The van der Waals surface area contributed by atoms with Crippen LogP contribution < -0.4 is 11.0 Å². The van der Waals surface area contributed by atoms with Gasteiger partial charge >= 0.3 is 5.69 Å². The Bertz CT molecular complexity index is 553. The van der Waals surface area contributed by atoms with Crippen molar-refractivity contribution in [2.24, 2.45) is 0 Å². The Kier molecular flexibility index (Phi) is 3.28. The third kappa shape index (κ3) is 2.23. The molecule has 0 unspecified atom stereocenters. The van der Waals surface area contributed by atoms with Crippen LogP contribution >= 0.6 is 11.5 Å². The predicted octanol–water partition coefficient (Wildman–Crippen LogP) is 1.17. The zero-order valence-corrected chi connectivity index (χ0v) is 10.9. The Morgan fingerprint density at radius 1 is 1.47 bits per heavy atom. The highest BCUT2D eigenvalue weighted by Crippen LogP contribution is 2.17. The van der Waals surface area contributed by atoms with Gasteiger partial charge in [0.05, 0.1) is 6.54 Å². The first-order valence-electron chi connectivity index (χ1n) is 5.39. The Labute approximate surface area is 103 Å². The Balaban J connectivity index is 2.28. The summed E-state index contributed by atoms with van der Waals surface area (Å²) in [6.45, 7) is 4.41. The van der Waals surface area contributed by atoms with Crippen LogP contribution in [0.1, 0.15) is 25.6 Å². The molecule has 0 aliphatic carbocycles. The first kappa shape index (κ1) is 11.8. The van der Waals surface area contributed by atoms with Gasteiger partial charge in [-0.2, -0.15) is 0 Å². The van der Waals surface area contributed by atoms with Crippen molar-refractivity contribution < 1.29 is 0 Å². The fourth-order valence-corrected chi connectivity index (χ4v) is 2.13. The molecule has 1 N–H and O–H groups in total. The van der Waals surface area contributed by atoms with Gasteiger partial charge in [-0.1, -0.05) is 4.49 Å². The van der Waals surface area contributed by atoms with E-state index in [9.17, 15) is 4.79 Å². The summed E-state index contributed by atoms with van der Waals surface area (Å²) >= 11 is 1.29. The first-order valence-corrected chi connectivity index (χ1v) is 6.17. The van der Waals surface area contributed by atoms with Crippen LogP contribution in [-0.4, -0.2) is 25.8 Å². The topological polar surface area (TPSA) is 64.7 Å². The summed E-state index contributed by atoms with van der Waals surface area (Å²) in [6.07, 6.45) is 3.58. The molecule has 17 heavy (non-hydrogen) atoms. The maximum Gasteiger partial charge on any atom is 0.328 e. The lowest BCUT2D eigenvalue weighted by atomic mass is 10.4. The van der Waals surface area contributed by atoms with Crippen LogP contribution in [0.25, 0.3) is 0 Å². The van der Waals surface area contributed by atoms with Crippen LogP contribution in [0.4, 0.5) is 5.00 Å². The second-order valence-corrected chi connectivity index (χ2v) is 4.76. The number of nitrogens with one attached hydrogen (secondary N) is 1. The molecule has 7 heteroatoms. The van der Waals surface area contributed by atoms with Crippen molar-refractivity contribution in [1.82, 2.24) is 18.7 Å². The van der Waals surface area contributed by atoms with Crippen LogP contribution in [0, 0.1) is 0 Å². The lowest BCUT2D eigenvalue weighted by molar-refractivity contribution is 0.560. The third-order valence-corrected chi connectivity index (χ3v) is 3.32. The molecule has 0 fully saturated rings. The van der Waals surface area contributed by atoms with Gasteiger partial charge in [0.1, 0.15) is 10.7 Å². The SMILES string of the molecule is CNc1snnc1Cn1ccn(C(C)C)c1=O. The van der Waals surface area contributed by atoms with Crippen LogP contribution in [0.5, 0.6) is 0 Å². The van der Waals surface area contributed by atoms with Gasteiger partial charge in [-0.15, -0.1) is 5.10 Å². The highest BCUT2D eigenvalue weighted by molar-refractivity contribution is 7.10. The molecule has 92 valence electrons. The highest BCUT2D eigenvalue weighted by Gasteiger charge is 2.11. The van der Waals surface area contributed by atoms with Crippen molar-refractivity contribution in [2.75, 3.05) is 12.4 Å². The molecule has 0 aliphatic heterocycles. The highest BCUT2D eigenvalue weighted by atomic mass is 32.1. The molecular weight excluding hydrogens is 238 g/mol. The zero-order chi connectivity index (χ0) is 12.4. The summed E-state index contributed by atoms with van der Waals surface area (Å²) in [5, 5.41) is 7.93. The summed E-state index contributed by atoms with van der Waals surface area (Å²) in [5.74, 6) is 0. The summed E-state index contributed by atoms with van der Waals surface area (Å²) in [5.41, 5.74) is 0.774. The second kappa shape index (κ2) is 4.70. The summed E-state index contributed by atoms with van der Waals surface area (Å²) in [7, 11) is 1.82. The molecular formula is C10H15N5OS. The molecule has 0 bridgehead atoms. The number of hydrogen-bond donors (Lipinski definition) is 1. The molecule has 2 rings (SSSR count). The van der Waals surface area contributed by atoms with Crippen LogP contribution in [0.3, 0.4) is 0 Å². The van der Waals surface area contributed by atoms with E-state index in [0.29, 0.717) is 6.54 Å². The monoisotopic (exact) mass is 253 g/mol. The van der Waals surface area contributed by atoms with Gasteiger partial charge in [-0.3, -0.25) is 9.13 Å². The molecule has 0 amide bonds. The van der Waals surface area contributed by atoms with Crippen molar-refractivity contribution in [3.05, 3.63) is 28.6 Å². The summed E-state index contributed by atoms with van der Waals surface area (Å²) in [6, 6.07) is 0.168. The van der Waals surface area contributed by atoms with E-state index in [1.54, 1.807) is 21.5 Å². The number of rotatable bonds is 4. The molecule has 0 spiro atoms. The maximum absolute atomic E-state index is 12.0. The van der Waals surface area contributed by atoms with E-state index in [1.165, 1.54) is 11.5 Å². The lowest BCUT2D eigenvalue weighted by Crippen LogP contribution is -2.25. The molecule has 2 aromatic rings. The van der Waals surface area contributed by atoms with E-state index in [-0.39, 0.29) is 11.7 Å². The number of anilines is 1. The lowest BCUT2D eigenvalue weighted by Gasteiger charge is -2.04. The largest absolute Gasteiger partial charge is 0.377 e. The molecule has 6 nitrogen and oxygen atoms in total. The average molecular weight is 253 g/mol. The molecule has 0 saturated heterocycles. The third-order valence-electron chi connectivity index (χ3n) is 2.53. The van der Waals surface area contributed by atoms with Gasteiger partial charge < -0.3 is 5.32 Å². The normalized spacial score (nSPS) is 11.1. The van der Waals surface area contributed by atoms with E-state index in [0.717, 1.165) is 10.7 Å². The molecule has 2 heterocycles. The Morgan fingerprint density at radius 3 is 2.82 bits per heavy atom. The molecule has 0 aliphatic rings. The van der Waals surface area contributed by atoms with Gasteiger partial charge in [0, 0.05) is 37.0 Å². The minimum atomic E-state index is -0.0185. The van der Waals surface area contributed by atoms with Gasteiger partial charge in [-0.05, 0) is 13.8 Å². The fourth-order valence-electron chi connectivity index (χ4n) is 1.60. The average Bonchev–Trinajstić information content (AvgIpc) is 2.87. The zero-order valence-electron chi connectivity index (χ0n) is 10.0. The van der Waals surface area contributed by atoms with Crippen molar-refractivity contribution in [3.8, 4) is 0 Å². The van der Waals surface area contributed by atoms with E-state index in [1.807, 2.05) is 20.9 Å². The minimum absolute atomic E-state index is 0.0185. The summed E-state index contributed by atoms with van der Waals surface area (Å²) < 4.78 is 7.20. The van der Waals surface area contributed by atoms with Gasteiger partial charge in [-0.25, -0.2) is 4.79 Å². The van der Waals surface area contributed by atoms with Gasteiger partial charge in [0.15, 0.2) is 0 Å². The Morgan fingerprint density at radius 2 is 2.24 bits per heavy atom. The molecule has 0 saturated carbocycles. The van der Waals surface area contributed by atoms with Crippen molar-refractivity contribution in [1.29, 1.82) is 0 Å². The van der Waals surface area contributed by atoms with Crippen LogP contribution in [-0.2, 0) is 6.54 Å². The van der Waals surface area contributed by atoms with E-state index in [4.69, 9.17) is 0 Å². The van der Waals surface area contributed by atoms with Gasteiger partial charge in [0.2, 0.25) is 0 Å². The fraction of sp³-hybridized carbons (Fsp3) is 0.500. The van der Waals surface area contributed by atoms with Crippen molar-refractivity contribution in [2.45, 2.75) is 26.4 Å². The smallest absolute Gasteiger partial charge is 0.328 e. The van der Waals surface area contributed by atoms with E-state index >= 15 is 0 Å². The molecule has 0 radical (unpaired) electrons. The van der Waals surface area contributed by atoms with Gasteiger partial charge in [0.25, 0.3) is 0 Å². The molecule has 2 aromatic heterocycles. The molecule has 0 atom stereocenters. The van der Waals surface area contributed by atoms with E-state index in [2.05, 4.69) is 14.9 Å². The van der Waals surface area contributed by atoms with Crippen molar-refractivity contribution in [3.63, 3.8) is 0 Å². The number of hydrogen-bond acceptors (Lipinski definition) is 5. The Hall–Kier alpha value is -1.63. The minimum Gasteiger partial charge on any atom is -0.377 e. The van der Waals surface area contributed by atoms with Crippen LogP contribution in [0.2, 0.25) is 0 Å². The number of imidazole rings is 1. The quantitative estimate of drug-likeness (QED) is 0.888. The molecule has 0 aromatic carbocycles. The first-order chi connectivity index (χ1) is 8.13. The number of aromatic nitrogens is 4. The van der Waals surface area contributed by atoms with E-state index < -0.39 is 0 Å². The maximum atomic E-state index is 12.0. The van der Waals surface area contributed by atoms with Crippen molar-refractivity contribution >= 4 is 16.5 Å². The standard InChI is InChI=1S/C10H15N5OS/c1-7(2)15-5-4-14(10(15)16)6-8-9(11-3)17-13-12-8/h4-5,7,11H,6H2,1-3H3. The number of nitrogens with zero attached hydrogens (tertiary/aromatic N) is 4. The summed E-state index contributed by atoms with van der Waals surface area (Å²) in [4.78, 5) is 12.0. The predicted molar refractivity (Wildman–Crippen MR) is 67.6 cm³/mol. The van der Waals surface area contributed by atoms with Crippen LogP contribution in [0.15, 0.2) is 17.2 Å². The second-order valence-electron chi connectivity index (χ2n) is 4.01.